The van der Waals surface area contributed by atoms with E-state index < -0.39 is 11.7 Å². The van der Waals surface area contributed by atoms with Gasteiger partial charge in [0.25, 0.3) is 0 Å². The van der Waals surface area contributed by atoms with Crippen molar-refractivity contribution in [3.8, 4) is 0 Å². The van der Waals surface area contributed by atoms with Crippen LogP contribution in [0.25, 0.3) is 0 Å². The number of benzene rings is 1. The Morgan fingerprint density at radius 3 is 2.47 bits per heavy atom. The van der Waals surface area contributed by atoms with Crippen molar-refractivity contribution in [2.45, 2.75) is 26.4 Å². The monoisotopic (exact) mass is 246 g/mol. The molecule has 0 saturated carbocycles. The lowest BCUT2D eigenvalue weighted by Crippen LogP contribution is -2.12. The SMILES string of the molecule is CCC(C)CNc1ccc(C(F)(F)F)cc1N. The van der Waals surface area contributed by atoms with Crippen molar-refractivity contribution in [3.05, 3.63) is 23.8 Å². The third-order valence-electron chi connectivity index (χ3n) is 2.72. The molecule has 96 valence electrons. The molecule has 0 heterocycles. The van der Waals surface area contributed by atoms with E-state index in [9.17, 15) is 13.2 Å². The summed E-state index contributed by atoms with van der Waals surface area (Å²) in [4.78, 5) is 0. The van der Waals surface area contributed by atoms with Gasteiger partial charge in [0.1, 0.15) is 0 Å². The lowest BCUT2D eigenvalue weighted by molar-refractivity contribution is -0.137. The molecule has 3 N–H and O–H groups in total. The molecule has 0 spiro atoms. The fraction of sp³-hybridized carbons (Fsp3) is 0.500. The predicted molar refractivity (Wildman–Crippen MR) is 63.8 cm³/mol. The fourth-order valence-corrected chi connectivity index (χ4v) is 1.33. The highest BCUT2D eigenvalue weighted by molar-refractivity contribution is 5.67. The van der Waals surface area contributed by atoms with Crippen molar-refractivity contribution in [1.82, 2.24) is 0 Å². The Kier molecular flexibility index (Phi) is 4.26. The minimum atomic E-state index is -4.34. The summed E-state index contributed by atoms with van der Waals surface area (Å²) in [5.41, 5.74) is 5.55. The number of hydrogen-bond acceptors (Lipinski definition) is 2. The first-order valence-corrected chi connectivity index (χ1v) is 5.55. The van der Waals surface area contributed by atoms with E-state index in [4.69, 9.17) is 5.73 Å². The molecule has 17 heavy (non-hydrogen) atoms. The average Bonchev–Trinajstić information content (AvgIpc) is 2.25. The first kappa shape index (κ1) is 13.7. The lowest BCUT2D eigenvalue weighted by Gasteiger charge is -2.15. The number of halogens is 3. The summed E-state index contributed by atoms with van der Waals surface area (Å²) in [6, 6.07) is 3.37. The number of nitrogens with one attached hydrogen (secondary N) is 1. The first-order chi connectivity index (χ1) is 7.84. The molecule has 2 nitrogen and oxygen atoms in total. The zero-order valence-corrected chi connectivity index (χ0v) is 9.93. The molecule has 1 atom stereocenters. The summed E-state index contributed by atoms with van der Waals surface area (Å²) in [6.45, 7) is 4.82. The maximum Gasteiger partial charge on any atom is 0.416 e. The van der Waals surface area contributed by atoms with Gasteiger partial charge in [-0.2, -0.15) is 13.2 Å². The van der Waals surface area contributed by atoms with Crippen molar-refractivity contribution in [2.24, 2.45) is 5.92 Å². The highest BCUT2D eigenvalue weighted by atomic mass is 19.4. The molecule has 1 aromatic rings. The quantitative estimate of drug-likeness (QED) is 0.794. The van der Waals surface area contributed by atoms with Crippen LogP contribution < -0.4 is 11.1 Å². The third kappa shape index (κ3) is 3.84. The molecule has 0 aromatic heterocycles. The maximum absolute atomic E-state index is 12.4. The van der Waals surface area contributed by atoms with Crippen LogP contribution in [0.5, 0.6) is 0 Å². The number of alkyl halides is 3. The minimum Gasteiger partial charge on any atom is -0.397 e. The van der Waals surface area contributed by atoms with Crippen LogP contribution in [0.3, 0.4) is 0 Å². The zero-order valence-electron chi connectivity index (χ0n) is 9.93. The van der Waals surface area contributed by atoms with Gasteiger partial charge in [-0.3, -0.25) is 0 Å². The normalized spacial score (nSPS) is 13.5. The Balaban J connectivity index is 2.77. The Morgan fingerprint density at radius 2 is 2.00 bits per heavy atom. The van der Waals surface area contributed by atoms with Gasteiger partial charge in [0.2, 0.25) is 0 Å². The molecule has 1 rings (SSSR count). The van der Waals surface area contributed by atoms with Crippen molar-refractivity contribution in [1.29, 1.82) is 0 Å². The van der Waals surface area contributed by atoms with Gasteiger partial charge in [-0.05, 0) is 24.1 Å². The molecule has 0 aliphatic heterocycles. The molecule has 5 heteroatoms. The third-order valence-corrected chi connectivity index (χ3v) is 2.72. The van der Waals surface area contributed by atoms with E-state index in [0.29, 0.717) is 18.2 Å². The smallest absolute Gasteiger partial charge is 0.397 e. The van der Waals surface area contributed by atoms with Gasteiger partial charge < -0.3 is 11.1 Å². The molecular formula is C12H17F3N2. The summed E-state index contributed by atoms with van der Waals surface area (Å²) < 4.78 is 37.2. The Bertz CT molecular complexity index is 375. The van der Waals surface area contributed by atoms with E-state index in [2.05, 4.69) is 19.2 Å². The van der Waals surface area contributed by atoms with E-state index in [0.717, 1.165) is 18.6 Å². The highest BCUT2D eigenvalue weighted by Gasteiger charge is 2.30. The van der Waals surface area contributed by atoms with Crippen LogP contribution in [0.2, 0.25) is 0 Å². The molecule has 0 aliphatic carbocycles. The number of nitrogens with two attached hydrogens (primary N) is 1. The van der Waals surface area contributed by atoms with E-state index >= 15 is 0 Å². The maximum atomic E-state index is 12.4. The molecule has 0 bridgehead atoms. The molecule has 1 unspecified atom stereocenters. The van der Waals surface area contributed by atoms with Gasteiger partial charge in [0.05, 0.1) is 16.9 Å². The number of rotatable bonds is 4. The van der Waals surface area contributed by atoms with E-state index in [-0.39, 0.29) is 5.69 Å². The molecule has 0 fully saturated rings. The molecule has 0 aliphatic rings. The van der Waals surface area contributed by atoms with Gasteiger partial charge in [-0.15, -0.1) is 0 Å². The lowest BCUT2D eigenvalue weighted by atomic mass is 10.1. The summed E-state index contributed by atoms with van der Waals surface area (Å²) >= 11 is 0. The Hall–Kier alpha value is -1.39. The average molecular weight is 246 g/mol. The minimum absolute atomic E-state index is 0.128. The predicted octanol–water partition coefficient (Wildman–Crippen LogP) is 3.75. The summed E-state index contributed by atoms with van der Waals surface area (Å²) in [5, 5.41) is 3.05. The van der Waals surface area contributed by atoms with Crippen molar-refractivity contribution in [2.75, 3.05) is 17.6 Å². The van der Waals surface area contributed by atoms with Crippen LogP contribution >= 0.6 is 0 Å². The molecule has 0 radical (unpaired) electrons. The van der Waals surface area contributed by atoms with Crippen LogP contribution in [0.4, 0.5) is 24.5 Å². The van der Waals surface area contributed by atoms with E-state index in [1.165, 1.54) is 6.07 Å². The molecule has 0 saturated heterocycles. The van der Waals surface area contributed by atoms with Gasteiger partial charge in [0.15, 0.2) is 0 Å². The number of nitrogen functional groups attached to an aromatic ring is 1. The van der Waals surface area contributed by atoms with Gasteiger partial charge >= 0.3 is 6.18 Å². The second-order valence-electron chi connectivity index (χ2n) is 4.19. The second kappa shape index (κ2) is 5.29. The van der Waals surface area contributed by atoms with Crippen molar-refractivity contribution < 1.29 is 13.2 Å². The van der Waals surface area contributed by atoms with Gasteiger partial charge in [-0.25, -0.2) is 0 Å². The van der Waals surface area contributed by atoms with Crippen LogP contribution in [0, 0.1) is 5.92 Å². The van der Waals surface area contributed by atoms with Crippen molar-refractivity contribution in [3.63, 3.8) is 0 Å². The topological polar surface area (TPSA) is 38.0 Å². The second-order valence-corrected chi connectivity index (χ2v) is 4.19. The van der Waals surface area contributed by atoms with E-state index in [1.54, 1.807) is 0 Å². The zero-order chi connectivity index (χ0) is 13.1. The Morgan fingerprint density at radius 1 is 1.35 bits per heavy atom. The Labute approximate surface area is 99.0 Å². The van der Waals surface area contributed by atoms with Crippen LogP contribution in [-0.2, 0) is 6.18 Å². The summed E-state index contributed by atoms with van der Waals surface area (Å²) in [5.74, 6) is 0.455. The van der Waals surface area contributed by atoms with Crippen LogP contribution in [0.1, 0.15) is 25.8 Å². The molecule has 0 amide bonds. The largest absolute Gasteiger partial charge is 0.416 e. The number of anilines is 2. The van der Waals surface area contributed by atoms with Crippen LogP contribution in [-0.4, -0.2) is 6.54 Å². The summed E-state index contributed by atoms with van der Waals surface area (Å²) in [6.07, 6.45) is -3.34. The first-order valence-electron chi connectivity index (χ1n) is 5.55. The van der Waals surface area contributed by atoms with Crippen molar-refractivity contribution >= 4 is 11.4 Å². The van der Waals surface area contributed by atoms with Gasteiger partial charge in [-0.1, -0.05) is 20.3 Å². The standard InChI is InChI=1S/C12H17F3N2/c1-3-8(2)7-17-11-5-4-9(6-10(11)16)12(13,14)15/h4-6,8,17H,3,7,16H2,1-2H3. The van der Waals surface area contributed by atoms with Gasteiger partial charge in [0, 0.05) is 6.54 Å². The molecular weight excluding hydrogens is 229 g/mol. The molecule has 1 aromatic carbocycles. The van der Waals surface area contributed by atoms with E-state index in [1.807, 2.05) is 0 Å². The highest BCUT2D eigenvalue weighted by Crippen LogP contribution is 2.32. The van der Waals surface area contributed by atoms with Crippen LogP contribution in [0.15, 0.2) is 18.2 Å². The number of hydrogen-bond donors (Lipinski definition) is 2. The summed E-state index contributed by atoms with van der Waals surface area (Å²) in [7, 11) is 0. The fourth-order valence-electron chi connectivity index (χ4n) is 1.33.